The Morgan fingerprint density at radius 3 is 2.81 bits per heavy atom. The Morgan fingerprint density at radius 1 is 1.43 bits per heavy atom. The number of thiazole rings is 1. The molecule has 1 aromatic carbocycles. The van der Waals surface area contributed by atoms with E-state index in [1.807, 2.05) is 31.2 Å². The fourth-order valence-corrected chi connectivity index (χ4v) is 2.98. The largest absolute Gasteiger partial charge is 0.330 e. The fraction of sp³-hybridized carbons (Fsp3) is 0.286. The molecular formula is C14H17Cl2N3OS. The summed E-state index contributed by atoms with van der Waals surface area (Å²) in [5, 5.41) is 4.12. The van der Waals surface area contributed by atoms with Crippen molar-refractivity contribution in [1.29, 1.82) is 0 Å². The van der Waals surface area contributed by atoms with Crippen molar-refractivity contribution in [1.82, 2.24) is 4.98 Å². The van der Waals surface area contributed by atoms with E-state index in [0.717, 1.165) is 27.6 Å². The Balaban J connectivity index is 0.00000220. The normalized spacial score (nSPS) is 10.0. The maximum Gasteiger partial charge on any atom is 0.227 e. The van der Waals surface area contributed by atoms with Gasteiger partial charge in [0, 0.05) is 29.3 Å². The summed E-state index contributed by atoms with van der Waals surface area (Å²) in [5.74, 6) is -0.106. The molecule has 114 valence electrons. The molecular weight excluding hydrogens is 329 g/mol. The SMILES string of the molecule is Cc1nc(NC(=O)CCN)sc1Cc1ccccc1Cl.Cl. The molecule has 0 aliphatic rings. The van der Waals surface area contributed by atoms with Crippen LogP contribution >= 0.6 is 35.3 Å². The third-order valence-corrected chi connectivity index (χ3v) is 4.26. The smallest absolute Gasteiger partial charge is 0.227 e. The number of amides is 1. The van der Waals surface area contributed by atoms with Gasteiger partial charge in [0.1, 0.15) is 0 Å². The summed E-state index contributed by atoms with van der Waals surface area (Å²) in [5.41, 5.74) is 7.32. The topological polar surface area (TPSA) is 68.0 Å². The zero-order valence-corrected chi connectivity index (χ0v) is 13.9. The first-order valence-electron chi connectivity index (χ1n) is 6.29. The third kappa shape index (κ3) is 4.97. The number of carbonyl (C=O) groups is 1. The van der Waals surface area contributed by atoms with Crippen molar-refractivity contribution in [3.63, 3.8) is 0 Å². The summed E-state index contributed by atoms with van der Waals surface area (Å²) in [6.07, 6.45) is 1.02. The Bertz CT molecular complexity index is 616. The van der Waals surface area contributed by atoms with E-state index >= 15 is 0 Å². The number of nitrogens with one attached hydrogen (secondary N) is 1. The van der Waals surface area contributed by atoms with Crippen LogP contribution in [-0.4, -0.2) is 17.4 Å². The van der Waals surface area contributed by atoms with E-state index in [1.54, 1.807) is 0 Å². The van der Waals surface area contributed by atoms with Crippen molar-refractivity contribution in [2.75, 3.05) is 11.9 Å². The van der Waals surface area contributed by atoms with E-state index in [-0.39, 0.29) is 18.3 Å². The lowest BCUT2D eigenvalue weighted by molar-refractivity contribution is -0.116. The predicted octanol–water partition coefficient (Wildman–Crippen LogP) is 3.40. The lowest BCUT2D eigenvalue weighted by Gasteiger charge is -2.02. The minimum atomic E-state index is -0.106. The first-order valence-corrected chi connectivity index (χ1v) is 7.49. The summed E-state index contributed by atoms with van der Waals surface area (Å²) in [6.45, 7) is 2.27. The number of benzene rings is 1. The molecule has 0 radical (unpaired) electrons. The number of aromatic nitrogens is 1. The molecule has 0 fully saturated rings. The lowest BCUT2D eigenvalue weighted by atomic mass is 10.1. The predicted molar refractivity (Wildman–Crippen MR) is 90.7 cm³/mol. The van der Waals surface area contributed by atoms with Gasteiger partial charge in [0.25, 0.3) is 0 Å². The number of nitrogens with two attached hydrogens (primary N) is 1. The molecule has 21 heavy (non-hydrogen) atoms. The van der Waals surface area contributed by atoms with E-state index in [0.29, 0.717) is 18.1 Å². The summed E-state index contributed by atoms with van der Waals surface area (Å²) < 4.78 is 0. The van der Waals surface area contributed by atoms with Crippen LogP contribution in [0.5, 0.6) is 0 Å². The van der Waals surface area contributed by atoms with Crippen LogP contribution in [0.25, 0.3) is 0 Å². The second-order valence-corrected chi connectivity index (χ2v) is 5.87. The molecule has 2 aromatic rings. The first-order chi connectivity index (χ1) is 9.60. The minimum absolute atomic E-state index is 0. The highest BCUT2D eigenvalue weighted by Crippen LogP contribution is 2.27. The highest BCUT2D eigenvalue weighted by Gasteiger charge is 2.11. The van der Waals surface area contributed by atoms with E-state index in [1.165, 1.54) is 11.3 Å². The second-order valence-electron chi connectivity index (χ2n) is 4.38. The number of aryl methyl sites for hydroxylation is 1. The molecule has 0 aliphatic heterocycles. The molecule has 0 saturated carbocycles. The van der Waals surface area contributed by atoms with Gasteiger partial charge in [-0.3, -0.25) is 4.79 Å². The second kappa shape index (κ2) is 8.34. The van der Waals surface area contributed by atoms with E-state index < -0.39 is 0 Å². The molecule has 0 bridgehead atoms. The maximum absolute atomic E-state index is 11.5. The zero-order valence-electron chi connectivity index (χ0n) is 11.6. The summed E-state index contributed by atoms with van der Waals surface area (Å²) >= 11 is 7.63. The quantitative estimate of drug-likeness (QED) is 0.872. The van der Waals surface area contributed by atoms with Crippen LogP contribution < -0.4 is 11.1 Å². The monoisotopic (exact) mass is 345 g/mol. The van der Waals surface area contributed by atoms with Gasteiger partial charge in [0.2, 0.25) is 5.91 Å². The van der Waals surface area contributed by atoms with E-state index in [9.17, 15) is 4.79 Å². The molecule has 3 N–H and O–H groups in total. The van der Waals surface area contributed by atoms with Crippen LogP contribution in [0.3, 0.4) is 0 Å². The molecule has 0 atom stereocenters. The molecule has 4 nitrogen and oxygen atoms in total. The standard InChI is InChI=1S/C14H16ClN3OS.ClH/c1-9-12(8-10-4-2-3-5-11(10)15)20-14(17-9)18-13(19)6-7-16;/h2-5H,6-8,16H2,1H3,(H,17,18,19);1H. The van der Waals surface area contributed by atoms with Gasteiger partial charge >= 0.3 is 0 Å². The number of halogens is 2. The number of anilines is 1. The molecule has 0 saturated heterocycles. The molecule has 2 rings (SSSR count). The van der Waals surface area contributed by atoms with Crippen molar-refractivity contribution < 1.29 is 4.79 Å². The van der Waals surface area contributed by atoms with E-state index in [2.05, 4.69) is 10.3 Å². The Labute approximate surface area is 139 Å². The molecule has 1 aromatic heterocycles. The van der Waals surface area contributed by atoms with Crippen molar-refractivity contribution in [2.24, 2.45) is 5.73 Å². The molecule has 0 unspecified atom stereocenters. The van der Waals surface area contributed by atoms with Gasteiger partial charge in [-0.25, -0.2) is 4.98 Å². The first kappa shape index (κ1) is 17.9. The minimum Gasteiger partial charge on any atom is -0.330 e. The number of rotatable bonds is 5. The van der Waals surface area contributed by atoms with Crippen LogP contribution in [-0.2, 0) is 11.2 Å². The van der Waals surface area contributed by atoms with Gasteiger partial charge in [-0.15, -0.1) is 23.7 Å². The van der Waals surface area contributed by atoms with Gasteiger partial charge in [0.05, 0.1) is 5.69 Å². The summed E-state index contributed by atoms with van der Waals surface area (Å²) in [4.78, 5) is 17.0. The number of nitrogens with zero attached hydrogens (tertiary/aromatic N) is 1. The van der Waals surface area contributed by atoms with Crippen molar-refractivity contribution in [2.45, 2.75) is 19.8 Å². The molecule has 0 aliphatic carbocycles. The van der Waals surface area contributed by atoms with Crippen LogP contribution in [0, 0.1) is 6.92 Å². The van der Waals surface area contributed by atoms with Crippen LogP contribution in [0.1, 0.15) is 22.6 Å². The molecule has 7 heteroatoms. The number of carbonyl (C=O) groups excluding carboxylic acids is 1. The van der Waals surface area contributed by atoms with Crippen molar-refractivity contribution in [3.8, 4) is 0 Å². The lowest BCUT2D eigenvalue weighted by Crippen LogP contribution is -2.15. The highest BCUT2D eigenvalue weighted by molar-refractivity contribution is 7.15. The van der Waals surface area contributed by atoms with Gasteiger partial charge in [-0.1, -0.05) is 29.8 Å². The maximum atomic E-state index is 11.5. The molecule has 0 spiro atoms. The Hall–Kier alpha value is -1.14. The highest BCUT2D eigenvalue weighted by atomic mass is 35.5. The molecule has 1 heterocycles. The third-order valence-electron chi connectivity index (χ3n) is 2.82. The average molecular weight is 346 g/mol. The number of hydrogen-bond acceptors (Lipinski definition) is 4. The van der Waals surface area contributed by atoms with Gasteiger partial charge in [-0.05, 0) is 18.6 Å². The van der Waals surface area contributed by atoms with Crippen molar-refractivity contribution in [3.05, 3.63) is 45.4 Å². The summed E-state index contributed by atoms with van der Waals surface area (Å²) in [6, 6.07) is 7.73. The van der Waals surface area contributed by atoms with Crippen molar-refractivity contribution >= 4 is 46.4 Å². The van der Waals surface area contributed by atoms with E-state index in [4.69, 9.17) is 17.3 Å². The fourth-order valence-electron chi connectivity index (χ4n) is 1.77. The zero-order chi connectivity index (χ0) is 14.5. The van der Waals surface area contributed by atoms with Gasteiger partial charge in [-0.2, -0.15) is 0 Å². The number of hydrogen-bond donors (Lipinski definition) is 2. The van der Waals surface area contributed by atoms with Crippen LogP contribution in [0.15, 0.2) is 24.3 Å². The average Bonchev–Trinajstić information content (AvgIpc) is 2.72. The Kier molecular flexibility index (Phi) is 7.11. The molecule has 1 amide bonds. The van der Waals surface area contributed by atoms with Gasteiger partial charge in [0.15, 0.2) is 5.13 Å². The van der Waals surface area contributed by atoms with Crippen LogP contribution in [0.4, 0.5) is 5.13 Å². The van der Waals surface area contributed by atoms with Gasteiger partial charge < -0.3 is 11.1 Å². The van der Waals surface area contributed by atoms with Crippen LogP contribution in [0.2, 0.25) is 5.02 Å². The Morgan fingerprint density at radius 2 is 2.14 bits per heavy atom. The summed E-state index contributed by atoms with van der Waals surface area (Å²) in [7, 11) is 0.